The van der Waals surface area contributed by atoms with Crippen LogP contribution in [-0.2, 0) is 13.5 Å². The predicted molar refractivity (Wildman–Crippen MR) is 135 cm³/mol. The van der Waals surface area contributed by atoms with Crippen molar-refractivity contribution >= 4 is 17.5 Å². The molecule has 0 saturated carbocycles. The maximum Gasteiger partial charge on any atom is 0.255 e. The van der Waals surface area contributed by atoms with Gasteiger partial charge in [0.25, 0.3) is 11.8 Å². The fourth-order valence-corrected chi connectivity index (χ4v) is 3.90. The summed E-state index contributed by atoms with van der Waals surface area (Å²) in [5, 5.41) is 7.50. The maximum absolute atomic E-state index is 13.1. The van der Waals surface area contributed by atoms with E-state index in [1.165, 1.54) is 0 Å². The summed E-state index contributed by atoms with van der Waals surface area (Å²) in [5.41, 5.74) is 4.72. The highest BCUT2D eigenvalue weighted by Crippen LogP contribution is 2.21. The van der Waals surface area contributed by atoms with Gasteiger partial charge in [0.05, 0.1) is 22.6 Å². The van der Waals surface area contributed by atoms with E-state index in [4.69, 9.17) is 0 Å². The zero-order valence-electron chi connectivity index (χ0n) is 19.4. The highest BCUT2D eigenvalue weighted by atomic mass is 16.2. The Bertz CT molecular complexity index is 1270. The second-order valence-electron chi connectivity index (χ2n) is 8.21. The van der Waals surface area contributed by atoms with Crippen LogP contribution in [0.1, 0.15) is 32.8 Å². The average Bonchev–Trinajstić information content (AvgIpc) is 3.25. The first-order chi connectivity index (χ1) is 16.5. The number of carbonyl (C=O) groups is 2. The van der Waals surface area contributed by atoms with E-state index in [0.29, 0.717) is 23.4 Å². The molecule has 4 aromatic rings. The molecule has 0 aliphatic carbocycles. The molecule has 6 nitrogen and oxygen atoms in total. The van der Waals surface area contributed by atoms with Gasteiger partial charge in [-0.2, -0.15) is 5.10 Å². The molecule has 34 heavy (non-hydrogen) atoms. The van der Waals surface area contributed by atoms with Crippen molar-refractivity contribution in [3.8, 4) is 11.3 Å². The summed E-state index contributed by atoms with van der Waals surface area (Å²) in [6.07, 6.45) is 1.55. The van der Waals surface area contributed by atoms with E-state index in [-0.39, 0.29) is 11.8 Å². The Kier molecular flexibility index (Phi) is 7.18. The van der Waals surface area contributed by atoms with Crippen LogP contribution in [0.4, 0.5) is 5.69 Å². The van der Waals surface area contributed by atoms with Crippen molar-refractivity contribution in [1.82, 2.24) is 14.7 Å². The number of para-hydroxylation sites is 1. The topological polar surface area (TPSA) is 67.2 Å². The molecule has 1 aromatic heterocycles. The summed E-state index contributed by atoms with van der Waals surface area (Å²) >= 11 is 0. The van der Waals surface area contributed by atoms with Gasteiger partial charge in [-0.25, -0.2) is 0 Å². The van der Waals surface area contributed by atoms with Crippen LogP contribution < -0.4 is 5.32 Å². The first-order valence-corrected chi connectivity index (χ1v) is 11.3. The van der Waals surface area contributed by atoms with E-state index in [9.17, 15) is 9.59 Å². The predicted octanol–water partition coefficient (Wildman–Crippen LogP) is 5.04. The van der Waals surface area contributed by atoms with Crippen molar-refractivity contribution in [3.05, 3.63) is 108 Å². The van der Waals surface area contributed by atoms with Crippen LogP contribution in [0.15, 0.2) is 91.0 Å². The van der Waals surface area contributed by atoms with E-state index in [1.54, 1.807) is 42.3 Å². The van der Waals surface area contributed by atoms with E-state index in [1.807, 2.05) is 54.2 Å². The second-order valence-corrected chi connectivity index (χ2v) is 8.21. The van der Waals surface area contributed by atoms with Crippen LogP contribution in [0.25, 0.3) is 11.3 Å². The number of benzene rings is 3. The molecule has 0 fully saturated rings. The third-order valence-electron chi connectivity index (χ3n) is 5.71. The number of amides is 2. The number of carbonyl (C=O) groups excluding carboxylic acids is 2. The largest absolute Gasteiger partial charge is 0.342 e. The molecular formula is C28H28N4O2. The molecule has 0 saturated heterocycles. The van der Waals surface area contributed by atoms with E-state index in [2.05, 4.69) is 28.6 Å². The Labute approximate surface area is 199 Å². The molecule has 6 heteroatoms. The fraction of sp³-hybridized carbons (Fsp3) is 0.179. The molecule has 0 bridgehead atoms. The zero-order chi connectivity index (χ0) is 23.9. The monoisotopic (exact) mass is 452 g/mol. The van der Waals surface area contributed by atoms with Crippen molar-refractivity contribution < 1.29 is 9.59 Å². The van der Waals surface area contributed by atoms with Gasteiger partial charge in [-0.15, -0.1) is 0 Å². The quantitative estimate of drug-likeness (QED) is 0.407. The molecule has 2 amide bonds. The first kappa shape index (κ1) is 23.0. The number of nitrogens with one attached hydrogen (secondary N) is 1. The Balaban J connectivity index is 1.37. The molecule has 0 radical (unpaired) electrons. The van der Waals surface area contributed by atoms with E-state index in [0.717, 1.165) is 29.8 Å². The summed E-state index contributed by atoms with van der Waals surface area (Å²) in [5.74, 6) is -0.372. The molecule has 3 aromatic carbocycles. The Morgan fingerprint density at radius 1 is 0.912 bits per heavy atom. The minimum Gasteiger partial charge on any atom is -0.342 e. The third-order valence-corrected chi connectivity index (χ3v) is 5.71. The van der Waals surface area contributed by atoms with Gasteiger partial charge >= 0.3 is 0 Å². The third kappa shape index (κ3) is 5.41. The summed E-state index contributed by atoms with van der Waals surface area (Å²) in [6, 6.07) is 28.3. The number of aryl methyl sites for hydroxylation is 2. The number of aromatic nitrogens is 2. The standard InChI is InChI=1S/C28H28N4O2/c1-31(19-11-16-23-20-26(32(2)30-23)21-12-5-3-6-13-21)28(34)24-17-9-10-18-25(24)29-27(33)22-14-7-4-8-15-22/h3-10,12-15,17-18,20H,11,16,19H2,1-2H3,(H,29,33). The maximum atomic E-state index is 13.1. The van der Waals surface area contributed by atoms with Crippen LogP contribution in [-0.4, -0.2) is 40.1 Å². The molecule has 1 heterocycles. The van der Waals surface area contributed by atoms with Gasteiger partial charge in [0.1, 0.15) is 0 Å². The van der Waals surface area contributed by atoms with Crippen molar-refractivity contribution in [2.45, 2.75) is 12.8 Å². The SMILES string of the molecule is CN(CCCc1cc(-c2ccccc2)n(C)n1)C(=O)c1ccccc1NC(=O)c1ccccc1. The number of hydrogen-bond donors (Lipinski definition) is 1. The number of anilines is 1. The summed E-state index contributed by atoms with van der Waals surface area (Å²) in [7, 11) is 3.73. The molecule has 1 N–H and O–H groups in total. The molecule has 4 rings (SSSR count). The lowest BCUT2D eigenvalue weighted by Gasteiger charge is -2.19. The minimum atomic E-state index is -0.243. The zero-order valence-corrected chi connectivity index (χ0v) is 19.4. The molecule has 0 aliphatic rings. The van der Waals surface area contributed by atoms with E-state index < -0.39 is 0 Å². The van der Waals surface area contributed by atoms with Crippen LogP contribution >= 0.6 is 0 Å². The lowest BCUT2D eigenvalue weighted by Crippen LogP contribution is -2.29. The van der Waals surface area contributed by atoms with Crippen LogP contribution in [0.3, 0.4) is 0 Å². The van der Waals surface area contributed by atoms with Gasteiger partial charge in [-0.1, -0.05) is 60.7 Å². The Morgan fingerprint density at radius 2 is 1.56 bits per heavy atom. The van der Waals surface area contributed by atoms with Crippen molar-refractivity contribution in [2.24, 2.45) is 7.05 Å². The first-order valence-electron chi connectivity index (χ1n) is 11.3. The number of rotatable bonds is 8. The highest BCUT2D eigenvalue weighted by Gasteiger charge is 2.17. The summed E-state index contributed by atoms with van der Waals surface area (Å²) in [6.45, 7) is 0.580. The lowest BCUT2D eigenvalue weighted by molar-refractivity contribution is 0.0794. The van der Waals surface area contributed by atoms with Crippen LogP contribution in [0, 0.1) is 0 Å². The van der Waals surface area contributed by atoms with Crippen molar-refractivity contribution in [1.29, 1.82) is 0 Å². The number of nitrogens with zero attached hydrogens (tertiary/aromatic N) is 3. The molecule has 0 atom stereocenters. The Morgan fingerprint density at radius 3 is 2.29 bits per heavy atom. The van der Waals surface area contributed by atoms with Gasteiger partial charge in [0, 0.05) is 26.2 Å². The molecule has 0 unspecified atom stereocenters. The second kappa shape index (κ2) is 10.6. The smallest absolute Gasteiger partial charge is 0.255 e. The molecular weight excluding hydrogens is 424 g/mol. The van der Waals surface area contributed by atoms with Crippen molar-refractivity contribution in [3.63, 3.8) is 0 Å². The summed E-state index contributed by atoms with van der Waals surface area (Å²) < 4.78 is 1.89. The van der Waals surface area contributed by atoms with Crippen LogP contribution in [0.5, 0.6) is 0 Å². The van der Waals surface area contributed by atoms with Crippen LogP contribution in [0.2, 0.25) is 0 Å². The minimum absolute atomic E-state index is 0.130. The van der Waals surface area contributed by atoms with Crippen molar-refractivity contribution in [2.75, 3.05) is 18.9 Å². The lowest BCUT2D eigenvalue weighted by atomic mass is 10.1. The van der Waals surface area contributed by atoms with E-state index >= 15 is 0 Å². The fourth-order valence-electron chi connectivity index (χ4n) is 3.90. The Hall–Kier alpha value is -4.19. The molecule has 0 spiro atoms. The van der Waals surface area contributed by atoms with Gasteiger partial charge in [0.2, 0.25) is 0 Å². The highest BCUT2D eigenvalue weighted by molar-refractivity contribution is 6.08. The van der Waals surface area contributed by atoms with Gasteiger partial charge in [-0.05, 0) is 48.7 Å². The molecule has 172 valence electrons. The molecule has 0 aliphatic heterocycles. The summed E-state index contributed by atoms with van der Waals surface area (Å²) in [4.78, 5) is 27.4. The van der Waals surface area contributed by atoms with Gasteiger partial charge in [0.15, 0.2) is 0 Å². The number of hydrogen-bond acceptors (Lipinski definition) is 3. The van der Waals surface area contributed by atoms with Gasteiger partial charge < -0.3 is 10.2 Å². The van der Waals surface area contributed by atoms with Gasteiger partial charge in [-0.3, -0.25) is 14.3 Å². The average molecular weight is 453 g/mol. The normalized spacial score (nSPS) is 10.6.